The summed E-state index contributed by atoms with van der Waals surface area (Å²) in [6.07, 6.45) is 0. The number of hydrogen-bond donors (Lipinski definition) is 3. The Hall–Kier alpha value is -3.56. The fourth-order valence-corrected chi connectivity index (χ4v) is 2.69. The molecular formula is C21H22N2O7. The maximum atomic E-state index is 12.4. The van der Waals surface area contributed by atoms with E-state index in [1.54, 1.807) is 49.0 Å². The minimum atomic E-state index is -0.605. The molecule has 1 aromatic heterocycles. The van der Waals surface area contributed by atoms with E-state index in [4.69, 9.17) is 23.8 Å². The molecule has 0 unspecified atom stereocenters. The molecule has 0 saturated heterocycles. The van der Waals surface area contributed by atoms with E-state index in [0.717, 1.165) is 0 Å². The maximum absolute atomic E-state index is 12.4. The Morgan fingerprint density at radius 2 is 1.80 bits per heavy atom. The topological polar surface area (TPSA) is 119 Å². The minimum absolute atomic E-state index is 0.173. The molecule has 2 amide bonds. The number of methoxy groups -OCH3 is 1. The molecule has 3 aromatic rings. The molecule has 2 aromatic carbocycles. The van der Waals surface area contributed by atoms with Crippen molar-refractivity contribution in [3.8, 4) is 11.5 Å². The fourth-order valence-electron chi connectivity index (χ4n) is 2.69. The molecule has 0 aliphatic rings. The second-order valence-electron chi connectivity index (χ2n) is 6.19. The van der Waals surface area contributed by atoms with E-state index in [-0.39, 0.29) is 24.8 Å². The number of amides is 2. The number of nitrogens with one attached hydrogen (secondary N) is 2. The van der Waals surface area contributed by atoms with Crippen LogP contribution >= 0.6 is 0 Å². The number of rotatable bonds is 10. The number of carbonyl (C=O) groups excluding carboxylic acids is 2. The number of hydroxylamine groups is 1. The van der Waals surface area contributed by atoms with Gasteiger partial charge in [-0.15, -0.1) is 0 Å². The van der Waals surface area contributed by atoms with Crippen LogP contribution in [0.3, 0.4) is 0 Å². The van der Waals surface area contributed by atoms with Gasteiger partial charge in [-0.25, -0.2) is 5.48 Å². The number of benzene rings is 2. The van der Waals surface area contributed by atoms with Crippen LogP contribution < -0.4 is 20.3 Å². The molecule has 0 atom stereocenters. The molecule has 0 spiro atoms. The van der Waals surface area contributed by atoms with Crippen LogP contribution in [0, 0.1) is 0 Å². The number of ether oxygens (including phenoxy) is 3. The summed E-state index contributed by atoms with van der Waals surface area (Å²) in [6.45, 7) is 1.33. The summed E-state index contributed by atoms with van der Waals surface area (Å²) in [6, 6.07) is 13.2. The molecule has 0 aliphatic heterocycles. The molecule has 0 saturated carbocycles. The molecule has 9 heteroatoms. The van der Waals surface area contributed by atoms with Crippen LogP contribution in [0.25, 0.3) is 11.0 Å². The third-order valence-corrected chi connectivity index (χ3v) is 4.16. The van der Waals surface area contributed by atoms with Crippen LogP contribution in [0.5, 0.6) is 11.5 Å². The quantitative estimate of drug-likeness (QED) is 0.265. The van der Waals surface area contributed by atoms with E-state index >= 15 is 0 Å². The highest BCUT2D eigenvalue weighted by Crippen LogP contribution is 2.28. The van der Waals surface area contributed by atoms with E-state index in [2.05, 4.69) is 5.32 Å². The zero-order valence-corrected chi connectivity index (χ0v) is 16.3. The maximum Gasteiger partial charge on any atom is 0.287 e. The highest BCUT2D eigenvalue weighted by atomic mass is 16.5. The first-order valence-electron chi connectivity index (χ1n) is 9.22. The molecule has 1 heterocycles. The van der Waals surface area contributed by atoms with E-state index in [0.29, 0.717) is 41.2 Å². The zero-order chi connectivity index (χ0) is 21.3. The monoisotopic (exact) mass is 414 g/mol. The second kappa shape index (κ2) is 10.3. The van der Waals surface area contributed by atoms with Crippen LogP contribution in [-0.4, -0.2) is 50.5 Å². The summed E-state index contributed by atoms with van der Waals surface area (Å²) in [5.74, 6) is 0.348. The lowest BCUT2D eigenvalue weighted by atomic mass is 10.2. The predicted molar refractivity (Wildman–Crippen MR) is 107 cm³/mol. The molecule has 3 N–H and O–H groups in total. The van der Waals surface area contributed by atoms with Gasteiger partial charge in [-0.3, -0.25) is 14.8 Å². The Kier molecular flexibility index (Phi) is 7.25. The Labute approximate surface area is 172 Å². The van der Waals surface area contributed by atoms with Crippen molar-refractivity contribution < 1.29 is 33.4 Å². The number of furan rings is 1. The van der Waals surface area contributed by atoms with Crippen molar-refractivity contribution in [2.24, 2.45) is 0 Å². The molecule has 9 nitrogen and oxygen atoms in total. The van der Waals surface area contributed by atoms with Gasteiger partial charge < -0.3 is 23.9 Å². The Bertz CT molecular complexity index is 998. The highest BCUT2D eigenvalue weighted by molar-refractivity contribution is 5.97. The molecular weight excluding hydrogens is 392 g/mol. The van der Waals surface area contributed by atoms with Gasteiger partial charge in [0, 0.05) is 18.7 Å². The van der Waals surface area contributed by atoms with Gasteiger partial charge >= 0.3 is 0 Å². The smallest absolute Gasteiger partial charge is 0.287 e. The normalized spacial score (nSPS) is 10.6. The summed E-state index contributed by atoms with van der Waals surface area (Å²) in [5.41, 5.74) is 2.41. The molecule has 3 rings (SSSR count). The van der Waals surface area contributed by atoms with Crippen LogP contribution in [-0.2, 0) is 4.74 Å². The van der Waals surface area contributed by atoms with Crippen LogP contribution in [0.15, 0.2) is 52.9 Å². The Morgan fingerprint density at radius 1 is 1.00 bits per heavy atom. The van der Waals surface area contributed by atoms with Gasteiger partial charge in [0.15, 0.2) is 5.76 Å². The lowest BCUT2D eigenvalue weighted by Crippen LogP contribution is -2.27. The molecule has 0 aliphatic carbocycles. The van der Waals surface area contributed by atoms with Crippen molar-refractivity contribution in [1.29, 1.82) is 0 Å². The summed E-state index contributed by atoms with van der Waals surface area (Å²) in [4.78, 5) is 23.6. The average Bonchev–Trinajstić information content (AvgIpc) is 3.22. The van der Waals surface area contributed by atoms with Crippen molar-refractivity contribution in [3.05, 3.63) is 59.9 Å². The van der Waals surface area contributed by atoms with Crippen molar-refractivity contribution in [1.82, 2.24) is 10.8 Å². The molecule has 0 bridgehead atoms. The molecule has 0 radical (unpaired) electrons. The Balaban J connectivity index is 1.51. The van der Waals surface area contributed by atoms with Gasteiger partial charge in [-0.05, 0) is 36.4 Å². The van der Waals surface area contributed by atoms with E-state index in [1.165, 1.54) is 12.1 Å². The SMILES string of the molecule is COCCOc1cccc2oc(C(=O)NCCOc3ccc(C(=O)NO)cc3)cc12. The predicted octanol–water partition coefficient (Wildman–Crippen LogP) is 2.39. The van der Waals surface area contributed by atoms with Gasteiger partial charge in [0.25, 0.3) is 11.8 Å². The standard InChI is InChI=1S/C21H22N2O7/c1-27-11-12-29-17-3-2-4-18-16(17)13-19(30-18)21(25)22-9-10-28-15-7-5-14(6-8-15)20(24)23-26/h2-8,13,26H,9-12H2,1H3,(H,22,25)(H,23,24). The van der Waals surface area contributed by atoms with Crippen molar-refractivity contribution in [2.45, 2.75) is 0 Å². The highest BCUT2D eigenvalue weighted by Gasteiger charge is 2.14. The summed E-state index contributed by atoms with van der Waals surface area (Å²) < 4.78 is 21.8. The van der Waals surface area contributed by atoms with Gasteiger partial charge in [-0.1, -0.05) is 6.07 Å². The van der Waals surface area contributed by atoms with Crippen molar-refractivity contribution >= 4 is 22.8 Å². The second-order valence-corrected chi connectivity index (χ2v) is 6.19. The van der Waals surface area contributed by atoms with Crippen molar-refractivity contribution in [2.75, 3.05) is 33.5 Å². The van der Waals surface area contributed by atoms with E-state index in [9.17, 15) is 9.59 Å². The van der Waals surface area contributed by atoms with Gasteiger partial charge in [0.2, 0.25) is 0 Å². The third-order valence-electron chi connectivity index (χ3n) is 4.16. The van der Waals surface area contributed by atoms with Crippen molar-refractivity contribution in [3.63, 3.8) is 0 Å². The van der Waals surface area contributed by atoms with Gasteiger partial charge in [0.05, 0.1) is 18.5 Å². The zero-order valence-electron chi connectivity index (χ0n) is 16.3. The number of fused-ring (bicyclic) bond motifs is 1. The molecule has 30 heavy (non-hydrogen) atoms. The lowest BCUT2D eigenvalue weighted by molar-refractivity contribution is 0.0706. The lowest BCUT2D eigenvalue weighted by Gasteiger charge is -2.07. The third kappa shape index (κ3) is 5.28. The number of hydrogen-bond acceptors (Lipinski definition) is 7. The summed E-state index contributed by atoms with van der Waals surface area (Å²) in [5, 5.41) is 12.0. The number of carbonyl (C=O) groups is 2. The molecule has 158 valence electrons. The largest absolute Gasteiger partial charge is 0.492 e. The van der Waals surface area contributed by atoms with Gasteiger partial charge in [0.1, 0.15) is 30.3 Å². The van der Waals surface area contributed by atoms with E-state index in [1.807, 2.05) is 0 Å². The van der Waals surface area contributed by atoms with Gasteiger partial charge in [-0.2, -0.15) is 0 Å². The fraction of sp³-hybridized carbons (Fsp3) is 0.238. The van der Waals surface area contributed by atoms with Crippen LogP contribution in [0.1, 0.15) is 20.9 Å². The first-order chi connectivity index (χ1) is 14.6. The van der Waals surface area contributed by atoms with Crippen LogP contribution in [0.4, 0.5) is 0 Å². The minimum Gasteiger partial charge on any atom is -0.492 e. The van der Waals surface area contributed by atoms with E-state index < -0.39 is 5.91 Å². The average molecular weight is 414 g/mol. The van der Waals surface area contributed by atoms with Crippen LogP contribution in [0.2, 0.25) is 0 Å². The molecule has 0 fully saturated rings. The summed E-state index contributed by atoms with van der Waals surface area (Å²) >= 11 is 0. The first kappa shape index (κ1) is 21.2. The summed E-state index contributed by atoms with van der Waals surface area (Å²) in [7, 11) is 1.60. The first-order valence-corrected chi connectivity index (χ1v) is 9.22. The Morgan fingerprint density at radius 3 is 2.53 bits per heavy atom.